The Morgan fingerprint density at radius 1 is 1.35 bits per heavy atom. The van der Waals surface area contributed by atoms with Gasteiger partial charge in [0.15, 0.2) is 0 Å². The van der Waals surface area contributed by atoms with Gasteiger partial charge in [0.2, 0.25) is 0 Å². The summed E-state index contributed by atoms with van der Waals surface area (Å²) in [5, 5.41) is 8.69. The zero-order chi connectivity index (χ0) is 13.4. The lowest BCUT2D eigenvalue weighted by atomic mass is 9.81. The summed E-state index contributed by atoms with van der Waals surface area (Å²) in [6.45, 7) is 2.76. The lowest BCUT2D eigenvalue weighted by molar-refractivity contribution is -0.138. The average molecular weight is 311 g/mol. The third-order valence-corrected chi connectivity index (χ3v) is 3.11. The number of halogens is 4. The van der Waals surface area contributed by atoms with Gasteiger partial charge in [-0.05, 0) is 15.9 Å². The molecule has 0 unspecified atom stereocenters. The van der Waals surface area contributed by atoms with Crippen LogP contribution in [0.4, 0.5) is 13.2 Å². The molecule has 0 saturated heterocycles. The molecule has 0 radical (unpaired) electrons. The van der Waals surface area contributed by atoms with Crippen molar-refractivity contribution < 1.29 is 23.1 Å². The van der Waals surface area contributed by atoms with Gasteiger partial charge < -0.3 is 5.11 Å². The van der Waals surface area contributed by atoms with Crippen LogP contribution < -0.4 is 0 Å². The molecule has 17 heavy (non-hydrogen) atoms. The SMILES string of the molecule is CC(C)(CC(=O)O)c1c(F)cc(F)c(Br)c1F. The van der Waals surface area contributed by atoms with Gasteiger partial charge in [-0.1, -0.05) is 13.8 Å². The van der Waals surface area contributed by atoms with E-state index in [4.69, 9.17) is 5.11 Å². The second kappa shape index (κ2) is 4.68. The van der Waals surface area contributed by atoms with Crippen LogP contribution in [-0.4, -0.2) is 11.1 Å². The van der Waals surface area contributed by atoms with Gasteiger partial charge in [0.1, 0.15) is 17.5 Å². The van der Waals surface area contributed by atoms with Gasteiger partial charge in [-0.3, -0.25) is 4.79 Å². The smallest absolute Gasteiger partial charge is 0.304 e. The van der Waals surface area contributed by atoms with Crippen molar-refractivity contribution in [3.63, 3.8) is 0 Å². The maximum Gasteiger partial charge on any atom is 0.304 e. The van der Waals surface area contributed by atoms with Crippen LogP contribution in [0.3, 0.4) is 0 Å². The molecule has 0 aliphatic rings. The average Bonchev–Trinajstić information content (AvgIpc) is 2.11. The van der Waals surface area contributed by atoms with Crippen molar-refractivity contribution in [3.8, 4) is 0 Å². The first-order valence-electron chi connectivity index (χ1n) is 4.72. The van der Waals surface area contributed by atoms with Crippen molar-refractivity contribution in [2.24, 2.45) is 0 Å². The third-order valence-electron chi connectivity index (χ3n) is 2.38. The number of hydrogen-bond donors (Lipinski definition) is 1. The molecule has 0 amide bonds. The number of carbonyl (C=O) groups is 1. The predicted molar refractivity (Wildman–Crippen MR) is 59.3 cm³/mol. The van der Waals surface area contributed by atoms with Gasteiger partial charge in [-0.2, -0.15) is 0 Å². The molecule has 0 bridgehead atoms. The van der Waals surface area contributed by atoms with Gasteiger partial charge in [0.05, 0.1) is 10.9 Å². The molecular formula is C11H10BrF3O2. The van der Waals surface area contributed by atoms with E-state index in [0.29, 0.717) is 6.07 Å². The van der Waals surface area contributed by atoms with Crippen molar-refractivity contribution in [1.29, 1.82) is 0 Å². The molecule has 1 N–H and O–H groups in total. The molecule has 0 saturated carbocycles. The summed E-state index contributed by atoms with van der Waals surface area (Å²) in [7, 11) is 0. The van der Waals surface area contributed by atoms with E-state index in [9.17, 15) is 18.0 Å². The summed E-state index contributed by atoms with van der Waals surface area (Å²) in [5.74, 6) is -4.44. The molecule has 0 atom stereocenters. The summed E-state index contributed by atoms with van der Waals surface area (Å²) >= 11 is 2.66. The molecule has 1 aromatic carbocycles. The summed E-state index contributed by atoms with van der Waals surface area (Å²) in [5.41, 5.74) is -1.70. The van der Waals surface area contributed by atoms with E-state index >= 15 is 0 Å². The molecule has 2 nitrogen and oxygen atoms in total. The molecule has 1 rings (SSSR count). The van der Waals surface area contributed by atoms with Gasteiger partial charge >= 0.3 is 5.97 Å². The fourth-order valence-corrected chi connectivity index (χ4v) is 1.97. The maximum atomic E-state index is 13.7. The Hall–Kier alpha value is -1.04. The van der Waals surface area contributed by atoms with Crippen LogP contribution in [0, 0.1) is 17.5 Å². The molecule has 0 fully saturated rings. The Labute approximate surface area is 105 Å². The van der Waals surface area contributed by atoms with Crippen molar-refractivity contribution in [2.75, 3.05) is 0 Å². The summed E-state index contributed by atoms with van der Waals surface area (Å²) < 4.78 is 39.8. The Morgan fingerprint density at radius 2 is 1.88 bits per heavy atom. The topological polar surface area (TPSA) is 37.3 Å². The van der Waals surface area contributed by atoms with E-state index in [1.54, 1.807) is 0 Å². The summed E-state index contributed by atoms with van der Waals surface area (Å²) in [6.07, 6.45) is -0.459. The molecule has 0 aliphatic heterocycles. The lowest BCUT2D eigenvalue weighted by Crippen LogP contribution is -2.25. The van der Waals surface area contributed by atoms with E-state index in [0.717, 1.165) is 0 Å². The standard InChI is InChI=1S/C11H10BrF3O2/c1-11(2,4-7(16)17)8-5(13)3-6(14)9(12)10(8)15/h3H,4H2,1-2H3,(H,16,17). The fraction of sp³-hybridized carbons (Fsp3) is 0.364. The van der Waals surface area contributed by atoms with E-state index in [1.165, 1.54) is 13.8 Å². The van der Waals surface area contributed by atoms with Gasteiger partial charge in [-0.15, -0.1) is 0 Å². The van der Waals surface area contributed by atoms with Crippen LogP contribution in [0.5, 0.6) is 0 Å². The van der Waals surface area contributed by atoms with E-state index in [1.807, 2.05) is 0 Å². The highest BCUT2D eigenvalue weighted by molar-refractivity contribution is 9.10. The number of rotatable bonds is 3. The van der Waals surface area contributed by atoms with Crippen LogP contribution in [0.15, 0.2) is 10.5 Å². The van der Waals surface area contributed by atoms with Crippen molar-refractivity contribution >= 4 is 21.9 Å². The molecule has 0 spiro atoms. The van der Waals surface area contributed by atoms with Gasteiger partial charge in [0.25, 0.3) is 0 Å². The Balaban J connectivity index is 3.40. The molecule has 0 aliphatic carbocycles. The van der Waals surface area contributed by atoms with E-state index in [-0.39, 0.29) is 0 Å². The zero-order valence-corrected chi connectivity index (χ0v) is 10.7. The second-order valence-corrected chi connectivity index (χ2v) is 5.09. The van der Waals surface area contributed by atoms with Crippen molar-refractivity contribution in [2.45, 2.75) is 25.7 Å². The highest BCUT2D eigenvalue weighted by atomic mass is 79.9. The predicted octanol–water partition coefficient (Wildman–Crippen LogP) is 3.62. The third kappa shape index (κ3) is 2.80. The highest BCUT2D eigenvalue weighted by Gasteiger charge is 2.32. The Morgan fingerprint density at radius 3 is 2.35 bits per heavy atom. The number of hydrogen-bond acceptors (Lipinski definition) is 1. The monoisotopic (exact) mass is 310 g/mol. The molecular weight excluding hydrogens is 301 g/mol. The first-order valence-corrected chi connectivity index (χ1v) is 5.51. The molecule has 0 heterocycles. The molecule has 0 aromatic heterocycles. The zero-order valence-electron chi connectivity index (χ0n) is 9.15. The minimum Gasteiger partial charge on any atom is -0.481 e. The van der Waals surface area contributed by atoms with Crippen LogP contribution in [-0.2, 0) is 10.2 Å². The number of carboxylic acid groups (broad SMARTS) is 1. The Bertz CT molecular complexity index is 472. The Kier molecular flexibility index (Phi) is 3.86. The summed E-state index contributed by atoms with van der Waals surface area (Å²) in [4.78, 5) is 10.6. The van der Waals surface area contributed by atoms with Crippen LogP contribution >= 0.6 is 15.9 Å². The molecule has 1 aromatic rings. The minimum absolute atomic E-state index is 0.437. The van der Waals surface area contributed by atoms with E-state index in [2.05, 4.69) is 15.9 Å². The van der Waals surface area contributed by atoms with Gasteiger partial charge in [-0.25, -0.2) is 13.2 Å². The number of carboxylic acids is 1. The van der Waals surface area contributed by atoms with Crippen LogP contribution in [0.2, 0.25) is 0 Å². The lowest BCUT2D eigenvalue weighted by Gasteiger charge is -2.24. The fourth-order valence-electron chi connectivity index (χ4n) is 1.65. The van der Waals surface area contributed by atoms with Crippen LogP contribution in [0.1, 0.15) is 25.8 Å². The quantitative estimate of drug-likeness (QED) is 0.684. The first kappa shape index (κ1) is 14.0. The second-order valence-electron chi connectivity index (χ2n) is 4.30. The van der Waals surface area contributed by atoms with Crippen molar-refractivity contribution in [1.82, 2.24) is 0 Å². The van der Waals surface area contributed by atoms with Crippen LogP contribution in [0.25, 0.3) is 0 Å². The van der Waals surface area contributed by atoms with E-state index < -0.39 is 45.3 Å². The van der Waals surface area contributed by atoms with Gasteiger partial charge in [0, 0.05) is 17.0 Å². The maximum absolute atomic E-state index is 13.7. The first-order chi connectivity index (χ1) is 7.66. The largest absolute Gasteiger partial charge is 0.481 e. The minimum atomic E-state index is -1.27. The van der Waals surface area contributed by atoms with Crippen molar-refractivity contribution in [3.05, 3.63) is 33.6 Å². The molecule has 6 heteroatoms. The molecule has 94 valence electrons. The number of aliphatic carboxylic acids is 1. The highest BCUT2D eigenvalue weighted by Crippen LogP contribution is 2.35. The normalized spacial score (nSPS) is 11.6. The summed E-state index contributed by atoms with van der Waals surface area (Å²) in [6, 6.07) is 0.534. The number of benzene rings is 1.